The van der Waals surface area contributed by atoms with Crippen molar-refractivity contribution in [2.24, 2.45) is 0 Å². The van der Waals surface area contributed by atoms with Crippen LogP contribution in [0, 0.1) is 0 Å². The zero-order valence-electron chi connectivity index (χ0n) is 16.7. The molecule has 0 unspecified atom stereocenters. The molecule has 0 heterocycles. The fraction of sp³-hybridized carbons (Fsp3) is 0.227. The minimum Gasteiger partial charge on any atom is -0.493 e. The van der Waals surface area contributed by atoms with E-state index in [2.05, 4.69) is 26.6 Å². The molecule has 0 bridgehead atoms. The molecule has 0 aliphatic heterocycles. The van der Waals surface area contributed by atoms with Crippen molar-refractivity contribution in [3.63, 3.8) is 0 Å². The number of carbonyl (C=O) groups excluding carboxylic acids is 2. The van der Waals surface area contributed by atoms with Gasteiger partial charge < -0.3 is 20.5 Å². The molecule has 0 aromatic heterocycles. The van der Waals surface area contributed by atoms with Crippen LogP contribution in [-0.2, 0) is 9.59 Å². The second-order valence-corrected chi connectivity index (χ2v) is 7.37. The highest BCUT2D eigenvalue weighted by Crippen LogP contribution is 2.32. The molecule has 0 aliphatic rings. The van der Waals surface area contributed by atoms with Gasteiger partial charge in [0.25, 0.3) is 0 Å². The van der Waals surface area contributed by atoms with Gasteiger partial charge in [0, 0.05) is 23.5 Å². The van der Waals surface area contributed by atoms with Crippen molar-refractivity contribution in [2.45, 2.75) is 26.7 Å². The first kappa shape index (κ1) is 23.2. The molecule has 2 aromatic carbocycles. The molecule has 3 N–H and O–H groups in total. The molecule has 30 heavy (non-hydrogen) atoms. The number of halogens is 1. The molecule has 8 heteroatoms. The van der Waals surface area contributed by atoms with Crippen molar-refractivity contribution in [1.82, 2.24) is 0 Å². The van der Waals surface area contributed by atoms with Crippen LogP contribution in [0.2, 0.25) is 0 Å². The van der Waals surface area contributed by atoms with Crippen LogP contribution in [0.15, 0.2) is 46.9 Å². The largest absolute Gasteiger partial charge is 0.493 e. The molecule has 0 spiro atoms. The van der Waals surface area contributed by atoms with Crippen molar-refractivity contribution < 1.29 is 24.2 Å². The third kappa shape index (κ3) is 7.04. The summed E-state index contributed by atoms with van der Waals surface area (Å²) in [6.07, 6.45) is 4.60. The van der Waals surface area contributed by atoms with Crippen LogP contribution in [0.3, 0.4) is 0 Å². The second-order valence-electron chi connectivity index (χ2n) is 6.46. The summed E-state index contributed by atoms with van der Waals surface area (Å²) in [5.74, 6) is -1.90. The molecule has 0 atom stereocenters. The number of ether oxygens (including phenoxy) is 1. The van der Waals surface area contributed by atoms with Crippen LogP contribution >= 0.6 is 15.9 Å². The Morgan fingerprint density at radius 1 is 1.10 bits per heavy atom. The maximum atomic E-state index is 12.4. The van der Waals surface area contributed by atoms with E-state index in [9.17, 15) is 19.5 Å². The van der Waals surface area contributed by atoms with Gasteiger partial charge in [-0.2, -0.15) is 0 Å². The summed E-state index contributed by atoms with van der Waals surface area (Å²) in [7, 11) is 0. The van der Waals surface area contributed by atoms with Gasteiger partial charge in [-0.1, -0.05) is 41.4 Å². The van der Waals surface area contributed by atoms with Gasteiger partial charge in [-0.25, -0.2) is 4.79 Å². The van der Waals surface area contributed by atoms with Gasteiger partial charge in [0.05, 0.1) is 18.0 Å². The van der Waals surface area contributed by atoms with E-state index in [1.165, 1.54) is 25.1 Å². The van der Waals surface area contributed by atoms with Gasteiger partial charge in [-0.3, -0.25) is 9.59 Å². The van der Waals surface area contributed by atoms with E-state index in [0.717, 1.165) is 22.9 Å². The Hall–Kier alpha value is -3.13. The van der Waals surface area contributed by atoms with Crippen LogP contribution in [0.4, 0.5) is 11.4 Å². The zero-order valence-corrected chi connectivity index (χ0v) is 18.3. The minimum atomic E-state index is -1.20. The monoisotopic (exact) mass is 474 g/mol. The second kappa shape index (κ2) is 11.2. The van der Waals surface area contributed by atoms with Gasteiger partial charge in [0.1, 0.15) is 11.3 Å². The van der Waals surface area contributed by atoms with Gasteiger partial charge in [-0.05, 0) is 36.3 Å². The Balaban J connectivity index is 2.30. The Kier molecular flexibility index (Phi) is 8.61. The fourth-order valence-electron chi connectivity index (χ4n) is 2.51. The van der Waals surface area contributed by atoms with Crippen LogP contribution < -0.4 is 15.4 Å². The molecule has 0 saturated heterocycles. The lowest BCUT2D eigenvalue weighted by Crippen LogP contribution is -2.15. The maximum Gasteiger partial charge on any atom is 0.339 e. The number of nitrogens with one attached hydrogen (secondary N) is 2. The van der Waals surface area contributed by atoms with Crippen LogP contribution in [-0.4, -0.2) is 29.5 Å². The molecular weight excluding hydrogens is 452 g/mol. The van der Waals surface area contributed by atoms with Crippen molar-refractivity contribution in [2.75, 3.05) is 17.2 Å². The summed E-state index contributed by atoms with van der Waals surface area (Å²) < 4.78 is 6.50. The number of aromatic carboxylic acids is 1. The number of anilines is 2. The van der Waals surface area contributed by atoms with Crippen molar-refractivity contribution in [1.29, 1.82) is 0 Å². The lowest BCUT2D eigenvalue weighted by atomic mass is 10.1. The van der Waals surface area contributed by atoms with E-state index in [1.807, 2.05) is 31.2 Å². The average molecular weight is 475 g/mol. The highest BCUT2D eigenvalue weighted by Gasteiger charge is 2.18. The van der Waals surface area contributed by atoms with E-state index >= 15 is 0 Å². The third-order valence-electron chi connectivity index (χ3n) is 3.97. The first-order valence-corrected chi connectivity index (χ1v) is 10.2. The Bertz CT molecular complexity index is 955. The predicted octanol–water partition coefficient (Wildman–Crippen LogP) is 4.94. The number of hydrogen-bond acceptors (Lipinski definition) is 4. The Labute approximate surface area is 183 Å². The molecule has 0 aliphatic carbocycles. The molecule has 158 valence electrons. The number of amides is 2. The van der Waals surface area contributed by atoms with Crippen LogP contribution in [0.1, 0.15) is 42.6 Å². The summed E-state index contributed by atoms with van der Waals surface area (Å²) >= 11 is 3.35. The van der Waals surface area contributed by atoms with Gasteiger partial charge in [0.2, 0.25) is 11.8 Å². The summed E-state index contributed by atoms with van der Waals surface area (Å²) in [6.45, 7) is 3.66. The number of benzene rings is 2. The summed E-state index contributed by atoms with van der Waals surface area (Å²) in [6, 6.07) is 10.1. The summed E-state index contributed by atoms with van der Waals surface area (Å²) in [5, 5.41) is 14.7. The number of hydrogen-bond donors (Lipinski definition) is 3. The van der Waals surface area contributed by atoms with E-state index < -0.39 is 11.9 Å². The molecule has 0 fully saturated rings. The standard InChI is InChI=1S/C22H23BrN2O5/c1-3-4-11-30-20-13-19(24-14(2)26)18(12-17(20)22(28)29)25-21(27)10-7-15-5-8-16(23)9-6-15/h5-10,12-13H,3-4,11H2,1-2H3,(H,24,26)(H,25,27)(H,28,29). The summed E-state index contributed by atoms with van der Waals surface area (Å²) in [4.78, 5) is 35.6. The highest BCUT2D eigenvalue weighted by molar-refractivity contribution is 9.10. The third-order valence-corrected chi connectivity index (χ3v) is 4.50. The van der Waals surface area contributed by atoms with Crippen LogP contribution in [0.5, 0.6) is 5.75 Å². The van der Waals surface area contributed by atoms with Crippen LogP contribution in [0.25, 0.3) is 6.08 Å². The first-order valence-electron chi connectivity index (χ1n) is 9.36. The fourth-order valence-corrected chi connectivity index (χ4v) is 2.77. The van der Waals surface area contributed by atoms with Gasteiger partial charge in [-0.15, -0.1) is 0 Å². The molecule has 2 amide bonds. The minimum absolute atomic E-state index is 0.104. The predicted molar refractivity (Wildman–Crippen MR) is 120 cm³/mol. The number of rotatable bonds is 9. The van der Waals surface area contributed by atoms with E-state index in [4.69, 9.17) is 4.74 Å². The average Bonchev–Trinajstić information content (AvgIpc) is 2.68. The Morgan fingerprint density at radius 3 is 2.37 bits per heavy atom. The van der Waals surface area contributed by atoms with Crippen molar-refractivity contribution >= 4 is 51.2 Å². The molecular formula is C22H23BrN2O5. The summed E-state index contributed by atoms with van der Waals surface area (Å²) in [5.41, 5.74) is 1.13. The Morgan fingerprint density at radius 2 is 1.77 bits per heavy atom. The van der Waals surface area contributed by atoms with Crippen molar-refractivity contribution in [3.8, 4) is 5.75 Å². The lowest BCUT2D eigenvalue weighted by Gasteiger charge is -2.16. The number of carboxylic acid groups (broad SMARTS) is 1. The number of carbonyl (C=O) groups is 3. The zero-order chi connectivity index (χ0) is 22.1. The van der Waals surface area contributed by atoms with E-state index in [0.29, 0.717) is 6.61 Å². The lowest BCUT2D eigenvalue weighted by molar-refractivity contribution is -0.114. The van der Waals surface area contributed by atoms with Gasteiger partial charge in [0.15, 0.2) is 0 Å². The molecule has 2 aromatic rings. The van der Waals surface area contributed by atoms with Gasteiger partial charge >= 0.3 is 5.97 Å². The van der Waals surface area contributed by atoms with E-state index in [-0.39, 0.29) is 28.6 Å². The normalized spacial score (nSPS) is 10.6. The SMILES string of the molecule is CCCCOc1cc(NC(C)=O)c(NC(=O)C=Cc2ccc(Br)cc2)cc1C(=O)O. The maximum absolute atomic E-state index is 12.4. The molecule has 7 nitrogen and oxygen atoms in total. The van der Waals surface area contributed by atoms with E-state index in [1.54, 1.807) is 6.08 Å². The highest BCUT2D eigenvalue weighted by atomic mass is 79.9. The van der Waals surface area contributed by atoms with Crippen molar-refractivity contribution in [3.05, 3.63) is 58.1 Å². The quantitative estimate of drug-likeness (QED) is 0.352. The molecule has 0 saturated carbocycles. The molecule has 0 radical (unpaired) electrons. The topological polar surface area (TPSA) is 105 Å². The smallest absolute Gasteiger partial charge is 0.339 e. The number of unbranched alkanes of at least 4 members (excludes halogenated alkanes) is 1. The molecule has 2 rings (SSSR count). The first-order chi connectivity index (χ1) is 14.3. The number of carboxylic acids is 1.